The molecule has 0 aliphatic rings. The molecule has 0 aliphatic carbocycles. The molecule has 1 heterocycles. The molecular weight excluding hydrogens is 200 g/mol. The third kappa shape index (κ3) is 1.59. The van der Waals surface area contributed by atoms with E-state index in [-0.39, 0.29) is 12.3 Å². The predicted octanol–water partition coefficient (Wildman–Crippen LogP) is 2.68. The van der Waals surface area contributed by atoms with Crippen LogP contribution < -0.4 is 0 Å². The van der Waals surface area contributed by atoms with Gasteiger partial charge in [0.15, 0.2) is 0 Å². The summed E-state index contributed by atoms with van der Waals surface area (Å²) in [6.07, 6.45) is 0.257. The second-order valence-electron chi connectivity index (χ2n) is 3.89. The zero-order valence-electron chi connectivity index (χ0n) is 9.32. The molecule has 16 heavy (non-hydrogen) atoms. The lowest BCUT2D eigenvalue weighted by molar-refractivity contribution is 0.0939. The number of aromatic nitrogens is 1. The van der Waals surface area contributed by atoms with Crippen LogP contribution in [0.15, 0.2) is 24.3 Å². The van der Waals surface area contributed by atoms with Crippen LogP contribution in [0.25, 0.3) is 10.9 Å². The van der Waals surface area contributed by atoms with Crippen LogP contribution in [0.2, 0.25) is 0 Å². The van der Waals surface area contributed by atoms with Gasteiger partial charge in [0.1, 0.15) is 0 Å². The number of hydrogen-bond acceptors (Lipinski definition) is 2. The third-order valence-corrected chi connectivity index (χ3v) is 2.61. The first-order valence-corrected chi connectivity index (χ1v) is 5.12. The molecular formula is C13H12N2O. The first-order valence-electron chi connectivity index (χ1n) is 5.12. The monoisotopic (exact) mass is 212 g/mol. The van der Waals surface area contributed by atoms with Crippen molar-refractivity contribution in [3.05, 3.63) is 35.5 Å². The van der Waals surface area contributed by atoms with Gasteiger partial charge in [-0.15, -0.1) is 0 Å². The number of benzene rings is 1. The second-order valence-corrected chi connectivity index (χ2v) is 3.89. The van der Waals surface area contributed by atoms with Crippen molar-refractivity contribution < 1.29 is 4.79 Å². The largest absolute Gasteiger partial charge is 0.283 e. The Labute approximate surface area is 93.9 Å². The quantitative estimate of drug-likeness (QED) is 0.729. The lowest BCUT2D eigenvalue weighted by atomic mass is 10.2. The molecule has 3 heteroatoms. The fourth-order valence-corrected chi connectivity index (χ4v) is 1.97. The first kappa shape index (κ1) is 10.4. The summed E-state index contributed by atoms with van der Waals surface area (Å²) in [5, 5.41) is 9.75. The number of carbonyl (C=O) groups is 1. The zero-order valence-corrected chi connectivity index (χ0v) is 9.32. The highest BCUT2D eigenvalue weighted by molar-refractivity contribution is 5.93. The predicted molar refractivity (Wildman–Crippen MR) is 62.3 cm³/mol. The summed E-state index contributed by atoms with van der Waals surface area (Å²) in [4.78, 5) is 11.6. The summed E-state index contributed by atoms with van der Waals surface area (Å²) in [6.45, 7) is 3.52. The molecule has 2 rings (SSSR count). The van der Waals surface area contributed by atoms with E-state index in [0.29, 0.717) is 0 Å². The summed E-state index contributed by atoms with van der Waals surface area (Å²) in [5.74, 6) is -0.0518. The Hall–Kier alpha value is -2.08. The Morgan fingerprint density at radius 2 is 2.19 bits per heavy atom. The lowest BCUT2D eigenvalue weighted by Crippen LogP contribution is -2.08. The van der Waals surface area contributed by atoms with Crippen molar-refractivity contribution in [3.8, 4) is 6.07 Å². The Balaban J connectivity index is 2.76. The van der Waals surface area contributed by atoms with Crippen LogP contribution >= 0.6 is 0 Å². The van der Waals surface area contributed by atoms with Gasteiger partial charge in [-0.2, -0.15) is 5.26 Å². The molecule has 3 nitrogen and oxygen atoms in total. The summed E-state index contributed by atoms with van der Waals surface area (Å²) >= 11 is 0. The van der Waals surface area contributed by atoms with Gasteiger partial charge in [-0.05, 0) is 25.1 Å². The number of carbonyl (C=O) groups excluding carboxylic acids is 1. The second kappa shape index (κ2) is 3.82. The standard InChI is InChI=1S/C13H12N2O/c1-9-3-4-13-11(7-9)8-12(5-6-14)15(13)10(2)16/h3-4,7-8H,5H2,1-2H3. The average Bonchev–Trinajstić information content (AvgIpc) is 2.55. The van der Waals surface area contributed by atoms with Crippen LogP contribution in [0.4, 0.5) is 0 Å². The number of fused-ring (bicyclic) bond motifs is 1. The summed E-state index contributed by atoms with van der Waals surface area (Å²) < 4.78 is 1.61. The van der Waals surface area contributed by atoms with E-state index >= 15 is 0 Å². The smallest absolute Gasteiger partial charge is 0.228 e. The molecule has 0 aliphatic heterocycles. The highest BCUT2D eigenvalue weighted by Gasteiger charge is 2.11. The topological polar surface area (TPSA) is 45.8 Å². The number of hydrogen-bond donors (Lipinski definition) is 0. The molecule has 0 N–H and O–H groups in total. The van der Waals surface area contributed by atoms with Crippen LogP contribution in [-0.4, -0.2) is 10.5 Å². The van der Waals surface area contributed by atoms with Crippen LogP contribution in [-0.2, 0) is 6.42 Å². The van der Waals surface area contributed by atoms with E-state index in [2.05, 4.69) is 6.07 Å². The number of rotatable bonds is 1. The minimum atomic E-state index is -0.0518. The minimum absolute atomic E-state index is 0.0518. The molecule has 0 spiro atoms. The fourth-order valence-electron chi connectivity index (χ4n) is 1.97. The SMILES string of the molecule is CC(=O)n1c(CC#N)cc2cc(C)ccc21. The number of nitrogens with zero attached hydrogens (tertiary/aromatic N) is 2. The maximum Gasteiger partial charge on any atom is 0.228 e. The van der Waals surface area contributed by atoms with Gasteiger partial charge in [0, 0.05) is 18.0 Å². The zero-order chi connectivity index (χ0) is 11.7. The molecule has 0 unspecified atom stereocenters. The molecule has 0 bridgehead atoms. The summed E-state index contributed by atoms with van der Waals surface area (Å²) in [7, 11) is 0. The van der Waals surface area contributed by atoms with Crippen LogP contribution in [0, 0.1) is 18.3 Å². The highest BCUT2D eigenvalue weighted by Crippen LogP contribution is 2.21. The van der Waals surface area contributed by atoms with Crippen molar-refractivity contribution in [1.29, 1.82) is 5.26 Å². The summed E-state index contributed by atoms with van der Waals surface area (Å²) in [6, 6.07) is 9.91. The van der Waals surface area contributed by atoms with Gasteiger partial charge in [-0.1, -0.05) is 11.6 Å². The van der Waals surface area contributed by atoms with E-state index in [9.17, 15) is 4.79 Å². The third-order valence-electron chi connectivity index (χ3n) is 2.61. The molecule has 0 saturated carbocycles. The highest BCUT2D eigenvalue weighted by atomic mass is 16.1. The van der Waals surface area contributed by atoms with Gasteiger partial charge in [-0.3, -0.25) is 9.36 Å². The van der Waals surface area contributed by atoms with Gasteiger partial charge in [0.05, 0.1) is 18.0 Å². The fraction of sp³-hybridized carbons (Fsp3) is 0.231. The van der Waals surface area contributed by atoms with Crippen molar-refractivity contribution in [1.82, 2.24) is 4.57 Å². The summed E-state index contributed by atoms with van der Waals surface area (Å²) in [5.41, 5.74) is 2.79. The maximum absolute atomic E-state index is 11.6. The number of nitriles is 1. The van der Waals surface area contributed by atoms with Gasteiger partial charge < -0.3 is 0 Å². The molecule has 0 atom stereocenters. The van der Waals surface area contributed by atoms with Gasteiger partial charge in [0.2, 0.25) is 5.91 Å². The van der Waals surface area contributed by atoms with Gasteiger partial charge >= 0.3 is 0 Å². The Bertz CT molecular complexity index is 602. The average molecular weight is 212 g/mol. The van der Waals surface area contributed by atoms with Gasteiger partial charge in [0.25, 0.3) is 0 Å². The minimum Gasteiger partial charge on any atom is -0.283 e. The molecule has 0 radical (unpaired) electrons. The molecule has 0 saturated heterocycles. The number of aryl methyl sites for hydroxylation is 1. The van der Waals surface area contributed by atoms with Gasteiger partial charge in [-0.25, -0.2) is 0 Å². The van der Waals surface area contributed by atoms with Crippen LogP contribution in [0.3, 0.4) is 0 Å². The molecule has 1 aromatic carbocycles. The van der Waals surface area contributed by atoms with Crippen molar-refractivity contribution in [2.75, 3.05) is 0 Å². The van der Waals surface area contributed by atoms with Crippen molar-refractivity contribution in [2.24, 2.45) is 0 Å². The van der Waals surface area contributed by atoms with Crippen LogP contribution in [0.5, 0.6) is 0 Å². The normalized spacial score (nSPS) is 10.3. The van der Waals surface area contributed by atoms with E-state index in [0.717, 1.165) is 22.2 Å². The van der Waals surface area contributed by atoms with E-state index < -0.39 is 0 Å². The van der Waals surface area contributed by atoms with E-state index in [4.69, 9.17) is 5.26 Å². The molecule has 2 aromatic rings. The Morgan fingerprint density at radius 1 is 1.44 bits per heavy atom. The van der Waals surface area contributed by atoms with Crippen LogP contribution in [0.1, 0.15) is 23.0 Å². The van der Waals surface area contributed by atoms with E-state index in [1.807, 2.05) is 31.2 Å². The molecule has 80 valence electrons. The van der Waals surface area contributed by atoms with Crippen molar-refractivity contribution >= 4 is 16.8 Å². The molecule has 0 fully saturated rings. The first-order chi connectivity index (χ1) is 7.63. The van der Waals surface area contributed by atoms with Crippen molar-refractivity contribution in [3.63, 3.8) is 0 Å². The van der Waals surface area contributed by atoms with Crippen molar-refractivity contribution in [2.45, 2.75) is 20.3 Å². The Kier molecular flexibility index (Phi) is 2.49. The van der Waals surface area contributed by atoms with E-state index in [1.54, 1.807) is 4.57 Å². The maximum atomic E-state index is 11.6. The Morgan fingerprint density at radius 3 is 2.81 bits per heavy atom. The molecule has 1 aromatic heterocycles. The molecule has 0 amide bonds. The van der Waals surface area contributed by atoms with E-state index in [1.165, 1.54) is 6.92 Å². The lowest BCUT2D eigenvalue weighted by Gasteiger charge is -2.03.